The fourth-order valence-corrected chi connectivity index (χ4v) is 2.03. The average molecular weight is 287 g/mol. The van der Waals surface area contributed by atoms with Crippen LogP contribution in [-0.4, -0.2) is 54.8 Å². The van der Waals surface area contributed by atoms with Crippen LogP contribution in [0.5, 0.6) is 0 Å². The van der Waals surface area contributed by atoms with Crippen molar-refractivity contribution in [2.75, 3.05) is 13.7 Å². The zero-order valence-corrected chi connectivity index (χ0v) is 12.3. The largest absolute Gasteiger partial charge is 0.467 e. The summed E-state index contributed by atoms with van der Waals surface area (Å²) in [6.07, 6.45) is -0.288. The van der Waals surface area contributed by atoms with Gasteiger partial charge in [0.05, 0.1) is 7.11 Å². The van der Waals surface area contributed by atoms with E-state index in [-0.39, 0.29) is 13.0 Å². The van der Waals surface area contributed by atoms with Crippen molar-refractivity contribution in [1.29, 1.82) is 0 Å². The zero-order chi connectivity index (χ0) is 15.3. The molecule has 1 fully saturated rings. The Balaban J connectivity index is 2.80. The molecule has 7 nitrogen and oxygen atoms in total. The van der Waals surface area contributed by atoms with Gasteiger partial charge in [0.2, 0.25) is 0 Å². The topological polar surface area (TPSA) is 82.1 Å². The van der Waals surface area contributed by atoms with Crippen molar-refractivity contribution in [3.8, 4) is 0 Å². The molecule has 114 valence electrons. The van der Waals surface area contributed by atoms with Gasteiger partial charge in [-0.1, -0.05) is 0 Å². The molecule has 0 aromatic heterocycles. The van der Waals surface area contributed by atoms with E-state index in [1.165, 1.54) is 12.0 Å². The Hall–Kier alpha value is -1.79. The zero-order valence-electron chi connectivity index (χ0n) is 12.3. The Bertz CT molecular complexity index is 376. The van der Waals surface area contributed by atoms with E-state index in [4.69, 9.17) is 14.2 Å². The molecule has 20 heavy (non-hydrogen) atoms. The van der Waals surface area contributed by atoms with Gasteiger partial charge in [0.15, 0.2) is 0 Å². The molecule has 1 rings (SSSR count). The number of esters is 1. The molecule has 1 aliphatic rings. The minimum Gasteiger partial charge on any atom is -0.467 e. The fourth-order valence-electron chi connectivity index (χ4n) is 2.03. The van der Waals surface area contributed by atoms with Crippen molar-refractivity contribution < 1.29 is 28.6 Å². The Morgan fingerprint density at radius 2 is 1.95 bits per heavy atom. The van der Waals surface area contributed by atoms with E-state index in [9.17, 15) is 14.4 Å². The molecule has 0 aromatic rings. The third-order valence-electron chi connectivity index (χ3n) is 2.90. The van der Waals surface area contributed by atoms with Gasteiger partial charge in [0, 0.05) is 19.4 Å². The normalized spacial score (nSPS) is 22.9. The van der Waals surface area contributed by atoms with Crippen molar-refractivity contribution in [2.24, 2.45) is 0 Å². The van der Waals surface area contributed by atoms with Gasteiger partial charge in [-0.05, 0) is 20.8 Å². The van der Waals surface area contributed by atoms with E-state index in [0.29, 0.717) is 12.9 Å². The SMILES string of the molecule is COC(=O)[C@H]1C[C@H](OC=O)CCN1C(=O)OC(C)(C)C. The number of amides is 1. The van der Waals surface area contributed by atoms with E-state index in [1.807, 2.05) is 0 Å². The molecule has 1 aliphatic heterocycles. The van der Waals surface area contributed by atoms with E-state index in [2.05, 4.69) is 0 Å². The molecule has 1 saturated heterocycles. The lowest BCUT2D eigenvalue weighted by atomic mass is 10.00. The molecule has 0 unspecified atom stereocenters. The van der Waals surface area contributed by atoms with Gasteiger partial charge in [0.1, 0.15) is 17.7 Å². The number of hydrogen-bond donors (Lipinski definition) is 0. The second-order valence-corrected chi connectivity index (χ2v) is 5.59. The molecular formula is C13H21NO6. The lowest BCUT2D eigenvalue weighted by Crippen LogP contribution is -2.53. The van der Waals surface area contributed by atoms with Crippen LogP contribution in [0.3, 0.4) is 0 Å². The second kappa shape index (κ2) is 6.58. The van der Waals surface area contributed by atoms with Crippen LogP contribution in [0.25, 0.3) is 0 Å². The Kier molecular flexibility index (Phi) is 5.35. The van der Waals surface area contributed by atoms with Crippen molar-refractivity contribution >= 4 is 18.5 Å². The highest BCUT2D eigenvalue weighted by atomic mass is 16.6. The van der Waals surface area contributed by atoms with Gasteiger partial charge < -0.3 is 14.2 Å². The molecule has 7 heteroatoms. The maximum Gasteiger partial charge on any atom is 0.411 e. The van der Waals surface area contributed by atoms with Gasteiger partial charge >= 0.3 is 12.1 Å². The number of carbonyl (C=O) groups is 3. The van der Waals surface area contributed by atoms with E-state index in [1.54, 1.807) is 20.8 Å². The highest BCUT2D eigenvalue weighted by molar-refractivity contribution is 5.81. The van der Waals surface area contributed by atoms with Crippen LogP contribution in [0.15, 0.2) is 0 Å². The molecule has 0 bridgehead atoms. The molecule has 1 amide bonds. The molecule has 1 heterocycles. The smallest absolute Gasteiger partial charge is 0.411 e. The van der Waals surface area contributed by atoms with Crippen LogP contribution < -0.4 is 0 Å². The van der Waals surface area contributed by atoms with Crippen LogP contribution in [0.2, 0.25) is 0 Å². The summed E-state index contributed by atoms with van der Waals surface area (Å²) < 4.78 is 14.8. The third-order valence-corrected chi connectivity index (χ3v) is 2.90. The first kappa shape index (κ1) is 16.3. The molecule has 2 atom stereocenters. The van der Waals surface area contributed by atoms with Gasteiger partial charge in [-0.15, -0.1) is 0 Å². The maximum atomic E-state index is 12.1. The lowest BCUT2D eigenvalue weighted by molar-refractivity contribution is -0.153. The fraction of sp³-hybridized carbons (Fsp3) is 0.769. The quantitative estimate of drug-likeness (QED) is 0.439. The summed E-state index contributed by atoms with van der Waals surface area (Å²) in [6, 6.07) is -0.798. The first-order valence-electron chi connectivity index (χ1n) is 6.45. The summed E-state index contributed by atoms with van der Waals surface area (Å²) in [5, 5.41) is 0. The standard InChI is InChI=1S/C13H21NO6/c1-13(2,3)20-12(17)14-6-5-9(19-8-15)7-10(14)11(16)18-4/h8-10H,5-7H2,1-4H3/t9-,10-/m1/s1. The first-order valence-corrected chi connectivity index (χ1v) is 6.45. The van der Waals surface area contributed by atoms with Crippen LogP contribution in [0, 0.1) is 0 Å². The average Bonchev–Trinajstić information content (AvgIpc) is 2.36. The van der Waals surface area contributed by atoms with Crippen molar-refractivity contribution in [3.05, 3.63) is 0 Å². The van der Waals surface area contributed by atoms with Crippen molar-refractivity contribution in [1.82, 2.24) is 4.90 Å². The summed E-state index contributed by atoms with van der Waals surface area (Å²) in [7, 11) is 1.25. The number of methoxy groups -OCH3 is 1. The van der Waals surface area contributed by atoms with Gasteiger partial charge in [-0.2, -0.15) is 0 Å². The number of carbonyl (C=O) groups excluding carboxylic acids is 3. The highest BCUT2D eigenvalue weighted by Gasteiger charge is 2.39. The lowest BCUT2D eigenvalue weighted by Gasteiger charge is -2.37. The maximum absolute atomic E-state index is 12.1. The highest BCUT2D eigenvalue weighted by Crippen LogP contribution is 2.23. The molecule has 0 N–H and O–H groups in total. The molecule has 0 spiro atoms. The Labute approximate surface area is 118 Å². The van der Waals surface area contributed by atoms with Gasteiger partial charge in [-0.25, -0.2) is 9.59 Å². The van der Waals surface area contributed by atoms with Crippen molar-refractivity contribution in [3.63, 3.8) is 0 Å². The summed E-state index contributed by atoms with van der Waals surface area (Å²) in [5.74, 6) is -0.546. The summed E-state index contributed by atoms with van der Waals surface area (Å²) >= 11 is 0. The molecular weight excluding hydrogens is 266 g/mol. The van der Waals surface area contributed by atoms with Crippen LogP contribution in [-0.2, 0) is 23.8 Å². The number of rotatable bonds is 3. The van der Waals surface area contributed by atoms with Gasteiger partial charge in [-0.3, -0.25) is 9.69 Å². The monoisotopic (exact) mass is 287 g/mol. The predicted molar refractivity (Wildman–Crippen MR) is 68.9 cm³/mol. The second-order valence-electron chi connectivity index (χ2n) is 5.59. The third kappa shape index (κ3) is 4.40. The molecule has 0 aliphatic carbocycles. The molecule has 0 aromatic carbocycles. The first-order chi connectivity index (χ1) is 9.28. The Morgan fingerprint density at radius 3 is 2.45 bits per heavy atom. The van der Waals surface area contributed by atoms with E-state index >= 15 is 0 Å². The predicted octanol–water partition coefficient (Wildman–Crippen LogP) is 1.10. The van der Waals surface area contributed by atoms with Gasteiger partial charge in [0.25, 0.3) is 6.47 Å². The number of nitrogens with zero attached hydrogens (tertiary/aromatic N) is 1. The number of piperidine rings is 1. The minimum absolute atomic E-state index is 0.213. The van der Waals surface area contributed by atoms with Crippen LogP contribution in [0.1, 0.15) is 33.6 Å². The Morgan fingerprint density at radius 1 is 1.30 bits per heavy atom. The van der Waals surface area contributed by atoms with Crippen LogP contribution in [0.4, 0.5) is 4.79 Å². The summed E-state index contributed by atoms with van der Waals surface area (Å²) in [5.41, 5.74) is -0.645. The number of likely N-dealkylation sites (tertiary alicyclic amines) is 1. The molecule has 0 radical (unpaired) electrons. The molecule has 0 saturated carbocycles. The summed E-state index contributed by atoms with van der Waals surface area (Å²) in [4.78, 5) is 35.6. The van der Waals surface area contributed by atoms with Crippen molar-refractivity contribution in [2.45, 2.75) is 51.4 Å². The van der Waals surface area contributed by atoms with E-state index in [0.717, 1.165) is 0 Å². The summed E-state index contributed by atoms with van der Waals surface area (Å²) in [6.45, 7) is 5.87. The van der Waals surface area contributed by atoms with Crippen LogP contribution >= 0.6 is 0 Å². The number of ether oxygens (including phenoxy) is 3. The minimum atomic E-state index is -0.798. The number of hydrogen-bond acceptors (Lipinski definition) is 6. The van der Waals surface area contributed by atoms with E-state index < -0.39 is 29.8 Å².